The summed E-state index contributed by atoms with van der Waals surface area (Å²) in [6.07, 6.45) is 2.85. The molecule has 0 bridgehead atoms. The third kappa shape index (κ3) is 8.43. The second-order valence-corrected chi connectivity index (χ2v) is 14.1. The summed E-state index contributed by atoms with van der Waals surface area (Å²) in [5.74, 6) is -1.03. The molecule has 13 heteroatoms. The normalized spacial score (nSPS) is 11.6. The van der Waals surface area contributed by atoms with E-state index in [0.717, 1.165) is 11.8 Å². The van der Waals surface area contributed by atoms with Crippen LogP contribution in [0.4, 0.5) is 26.2 Å². The van der Waals surface area contributed by atoms with Crippen LogP contribution in [0.25, 0.3) is 10.8 Å². The number of halogens is 1. The molecule has 5 rings (SSSR count). The number of carbonyl (C=O) groups is 2. The summed E-state index contributed by atoms with van der Waals surface area (Å²) in [6, 6.07) is 20.9. The minimum absolute atomic E-state index is 0.154. The number of ether oxygens (including phenoxy) is 2. The molecule has 0 spiro atoms. The summed E-state index contributed by atoms with van der Waals surface area (Å²) >= 11 is 0. The maximum Gasteiger partial charge on any atom is 0.338 e. The number of nitrogens with zero attached hydrogens (tertiary/aromatic N) is 1. The van der Waals surface area contributed by atoms with Crippen molar-refractivity contribution < 1.29 is 37.0 Å². The van der Waals surface area contributed by atoms with Gasteiger partial charge in [0, 0.05) is 35.2 Å². The lowest BCUT2D eigenvalue weighted by atomic mass is 9.86. The van der Waals surface area contributed by atoms with Crippen LogP contribution in [0, 0.1) is 5.82 Å². The van der Waals surface area contributed by atoms with Crippen molar-refractivity contribution in [2.75, 3.05) is 28.7 Å². The van der Waals surface area contributed by atoms with E-state index in [1.165, 1.54) is 19.2 Å². The number of nitrogens with one attached hydrogen (secondary N) is 3. The number of carboxylic acids is 1. The molecule has 2 amide bonds. The topological polar surface area (TPSA) is 156 Å². The highest BCUT2D eigenvalue weighted by molar-refractivity contribution is 7.92. The molecule has 0 radical (unpaired) electrons. The zero-order chi connectivity index (χ0) is 35.5. The number of methoxy groups -OCH3 is 1. The van der Waals surface area contributed by atoms with Crippen molar-refractivity contribution in [3.8, 4) is 17.2 Å². The fourth-order valence-electron chi connectivity index (χ4n) is 5.19. The average Bonchev–Trinajstić information content (AvgIpc) is 3.01. The molecule has 4 N–H and O–H groups in total. The molecule has 49 heavy (non-hydrogen) atoms. The molecule has 11 nitrogen and oxygen atoms in total. The Morgan fingerprint density at radius 3 is 2.24 bits per heavy atom. The second kappa shape index (κ2) is 13.8. The molecule has 1 heterocycles. The van der Waals surface area contributed by atoms with Crippen molar-refractivity contribution in [3.63, 3.8) is 0 Å². The fraction of sp³-hybridized carbons (Fsp3) is 0.194. The van der Waals surface area contributed by atoms with Gasteiger partial charge in [-0.05, 0) is 59.0 Å². The first-order chi connectivity index (χ1) is 23.1. The van der Waals surface area contributed by atoms with Gasteiger partial charge in [-0.3, -0.25) is 9.71 Å². The number of amides is 2. The van der Waals surface area contributed by atoms with Gasteiger partial charge in [0.15, 0.2) is 5.75 Å². The number of pyridine rings is 1. The van der Waals surface area contributed by atoms with E-state index in [2.05, 4.69) is 20.3 Å². The summed E-state index contributed by atoms with van der Waals surface area (Å²) in [4.78, 5) is 28.9. The summed E-state index contributed by atoms with van der Waals surface area (Å²) in [5.41, 5.74) is 2.09. The Hall–Kier alpha value is -5.69. The summed E-state index contributed by atoms with van der Waals surface area (Å²) < 4.78 is 52.6. The number of benzene rings is 4. The number of hydrogen-bond donors (Lipinski definition) is 4. The first kappa shape index (κ1) is 34.6. The molecule has 5 aromatic rings. The molecule has 0 fully saturated rings. The number of aromatic carboxylic acids is 1. The Kier molecular flexibility index (Phi) is 9.76. The van der Waals surface area contributed by atoms with E-state index < -0.39 is 33.4 Å². The van der Waals surface area contributed by atoms with Crippen LogP contribution in [0.1, 0.15) is 48.0 Å². The van der Waals surface area contributed by atoms with Gasteiger partial charge < -0.3 is 25.2 Å². The lowest BCUT2D eigenvalue weighted by Gasteiger charge is -2.24. The van der Waals surface area contributed by atoms with E-state index in [1.807, 2.05) is 45.0 Å². The number of anilines is 3. The highest BCUT2D eigenvalue weighted by Crippen LogP contribution is 2.40. The SMILES string of the molecule is COc1c(NC(=O)Nc2ccc(Oc3ccnc(Cc4ccc(C(=O)O)c(F)c4)c3)c3ccccc23)cc(C(C)(C)C)cc1NS(C)(=O)=O. The van der Waals surface area contributed by atoms with E-state index in [-0.39, 0.29) is 29.0 Å². The highest BCUT2D eigenvalue weighted by Gasteiger charge is 2.22. The van der Waals surface area contributed by atoms with Gasteiger partial charge >= 0.3 is 12.0 Å². The molecule has 0 atom stereocenters. The Labute approximate surface area is 283 Å². The van der Waals surface area contributed by atoms with Crippen LogP contribution in [-0.2, 0) is 21.9 Å². The van der Waals surface area contributed by atoms with Crippen molar-refractivity contribution in [2.24, 2.45) is 0 Å². The van der Waals surface area contributed by atoms with Crippen molar-refractivity contribution in [1.82, 2.24) is 4.98 Å². The lowest BCUT2D eigenvalue weighted by Crippen LogP contribution is -2.22. The molecule has 0 unspecified atom stereocenters. The Morgan fingerprint density at radius 2 is 1.59 bits per heavy atom. The van der Waals surface area contributed by atoms with E-state index in [0.29, 0.717) is 39.2 Å². The smallest absolute Gasteiger partial charge is 0.338 e. The third-order valence-electron chi connectivity index (χ3n) is 7.50. The first-order valence-corrected chi connectivity index (χ1v) is 16.9. The molecule has 1 aromatic heterocycles. The number of urea groups is 1. The molecule has 4 aromatic carbocycles. The standard InChI is InChI=1S/C36H35FN4O7S/c1-36(2,3)22-18-30(33(47-4)31(19-22)41-49(5,45)46)40-35(44)39-29-12-13-32(26-9-7-6-8-25(26)29)48-24-14-15-38-23(20-24)16-21-10-11-27(34(42)43)28(37)17-21/h6-15,17-20,41H,16H2,1-5H3,(H,42,43)(H2,39,40,44). The van der Waals surface area contributed by atoms with Gasteiger partial charge in [0.2, 0.25) is 10.0 Å². The number of sulfonamides is 1. The molecule has 0 saturated heterocycles. The van der Waals surface area contributed by atoms with Gasteiger partial charge in [0.1, 0.15) is 17.3 Å². The summed E-state index contributed by atoms with van der Waals surface area (Å²) in [5, 5.41) is 16.2. The van der Waals surface area contributed by atoms with Crippen molar-refractivity contribution in [2.45, 2.75) is 32.6 Å². The van der Waals surface area contributed by atoms with Gasteiger partial charge in [-0.1, -0.05) is 51.1 Å². The van der Waals surface area contributed by atoms with Crippen LogP contribution < -0.4 is 24.8 Å². The van der Waals surface area contributed by atoms with E-state index in [9.17, 15) is 22.4 Å². The van der Waals surface area contributed by atoms with Crippen molar-refractivity contribution in [3.05, 3.63) is 113 Å². The van der Waals surface area contributed by atoms with Gasteiger partial charge in [-0.25, -0.2) is 22.4 Å². The first-order valence-electron chi connectivity index (χ1n) is 15.1. The summed E-state index contributed by atoms with van der Waals surface area (Å²) in [7, 11) is -2.26. The van der Waals surface area contributed by atoms with Gasteiger partial charge in [0.25, 0.3) is 0 Å². The minimum Gasteiger partial charge on any atom is -0.492 e. The predicted octanol–water partition coefficient (Wildman–Crippen LogP) is 7.78. The Morgan fingerprint density at radius 1 is 0.898 bits per heavy atom. The highest BCUT2D eigenvalue weighted by atomic mass is 32.2. The number of rotatable bonds is 10. The molecule has 0 aliphatic heterocycles. The molecule has 0 saturated carbocycles. The van der Waals surface area contributed by atoms with E-state index in [4.69, 9.17) is 14.6 Å². The second-order valence-electron chi connectivity index (χ2n) is 12.3. The number of carboxylic acid groups (broad SMARTS) is 1. The lowest BCUT2D eigenvalue weighted by molar-refractivity contribution is 0.0691. The molecular weight excluding hydrogens is 651 g/mol. The average molecular weight is 687 g/mol. The van der Waals surface area contributed by atoms with Crippen molar-refractivity contribution >= 4 is 49.9 Å². The third-order valence-corrected chi connectivity index (χ3v) is 8.09. The van der Waals surface area contributed by atoms with Crippen LogP contribution in [0.2, 0.25) is 0 Å². The Bertz CT molecular complexity index is 2180. The number of carbonyl (C=O) groups excluding carboxylic acids is 1. The quantitative estimate of drug-likeness (QED) is 0.116. The Balaban J connectivity index is 1.38. The van der Waals surface area contributed by atoms with Crippen LogP contribution in [0.15, 0.2) is 85.1 Å². The predicted molar refractivity (Wildman–Crippen MR) is 187 cm³/mol. The zero-order valence-electron chi connectivity index (χ0n) is 27.4. The minimum atomic E-state index is -3.64. The van der Waals surface area contributed by atoms with Gasteiger partial charge in [-0.15, -0.1) is 0 Å². The molecular formula is C36H35FN4O7S. The largest absolute Gasteiger partial charge is 0.492 e. The number of aromatic nitrogens is 1. The monoisotopic (exact) mass is 686 g/mol. The van der Waals surface area contributed by atoms with E-state index in [1.54, 1.807) is 48.7 Å². The number of hydrogen-bond acceptors (Lipinski definition) is 7. The van der Waals surface area contributed by atoms with Crippen LogP contribution in [0.5, 0.6) is 17.2 Å². The maximum atomic E-state index is 14.2. The zero-order valence-corrected chi connectivity index (χ0v) is 28.2. The molecule has 0 aliphatic rings. The summed E-state index contributed by atoms with van der Waals surface area (Å²) in [6.45, 7) is 5.90. The number of fused-ring (bicyclic) bond motifs is 1. The van der Waals surface area contributed by atoms with Crippen LogP contribution in [0.3, 0.4) is 0 Å². The van der Waals surface area contributed by atoms with Gasteiger partial charge in [0.05, 0.1) is 36.0 Å². The molecule has 254 valence electrons. The fourth-order valence-corrected chi connectivity index (χ4v) is 5.74. The van der Waals surface area contributed by atoms with Crippen LogP contribution in [-0.4, -0.2) is 43.9 Å². The van der Waals surface area contributed by atoms with Crippen LogP contribution >= 0.6 is 0 Å². The van der Waals surface area contributed by atoms with Crippen molar-refractivity contribution in [1.29, 1.82) is 0 Å². The molecule has 0 aliphatic carbocycles. The van der Waals surface area contributed by atoms with E-state index >= 15 is 0 Å². The maximum absolute atomic E-state index is 14.2. The van der Waals surface area contributed by atoms with Gasteiger partial charge in [-0.2, -0.15) is 0 Å².